The predicted octanol–water partition coefficient (Wildman–Crippen LogP) is 3.53. The predicted molar refractivity (Wildman–Crippen MR) is 77.2 cm³/mol. The van der Waals surface area contributed by atoms with Gasteiger partial charge in [0.05, 0.1) is 5.02 Å². The first-order chi connectivity index (χ1) is 9.69. The SMILES string of the molecule is CNC1CCCc2nc(-c3ccc(F)c(Cl)c3)ncc21. The summed E-state index contributed by atoms with van der Waals surface area (Å²) in [6.45, 7) is 0. The number of aryl methyl sites for hydroxylation is 1. The Kier molecular flexibility index (Phi) is 3.68. The van der Waals surface area contributed by atoms with Crippen LogP contribution < -0.4 is 5.32 Å². The molecule has 2 aromatic rings. The number of hydrogen-bond acceptors (Lipinski definition) is 3. The zero-order chi connectivity index (χ0) is 14.1. The molecule has 3 rings (SSSR count). The van der Waals surface area contributed by atoms with E-state index < -0.39 is 5.82 Å². The van der Waals surface area contributed by atoms with Crippen LogP contribution in [0, 0.1) is 5.82 Å². The number of aromatic nitrogens is 2. The third kappa shape index (κ3) is 2.41. The summed E-state index contributed by atoms with van der Waals surface area (Å²) in [7, 11) is 1.95. The van der Waals surface area contributed by atoms with Gasteiger partial charge in [0.2, 0.25) is 0 Å². The lowest BCUT2D eigenvalue weighted by atomic mass is 9.92. The summed E-state index contributed by atoms with van der Waals surface area (Å²) >= 11 is 5.81. The van der Waals surface area contributed by atoms with E-state index in [-0.39, 0.29) is 5.02 Å². The zero-order valence-electron chi connectivity index (χ0n) is 11.2. The number of fused-ring (bicyclic) bond motifs is 1. The van der Waals surface area contributed by atoms with Crippen molar-refractivity contribution in [2.75, 3.05) is 7.05 Å². The van der Waals surface area contributed by atoms with Crippen LogP contribution in [0.15, 0.2) is 24.4 Å². The van der Waals surface area contributed by atoms with Crippen molar-refractivity contribution in [2.24, 2.45) is 0 Å². The Bertz CT molecular complexity index is 645. The maximum atomic E-state index is 13.2. The van der Waals surface area contributed by atoms with Crippen LogP contribution in [0.25, 0.3) is 11.4 Å². The van der Waals surface area contributed by atoms with Gasteiger partial charge in [-0.25, -0.2) is 14.4 Å². The molecule has 0 saturated carbocycles. The summed E-state index contributed by atoms with van der Waals surface area (Å²) in [4.78, 5) is 9.02. The van der Waals surface area contributed by atoms with Crippen molar-refractivity contribution in [2.45, 2.75) is 25.3 Å². The molecule has 0 bridgehead atoms. The Morgan fingerprint density at radius 3 is 3.00 bits per heavy atom. The summed E-state index contributed by atoms with van der Waals surface area (Å²) in [6.07, 6.45) is 5.04. The number of rotatable bonds is 2. The average Bonchev–Trinajstić information content (AvgIpc) is 2.48. The minimum atomic E-state index is -0.427. The molecule has 1 heterocycles. The monoisotopic (exact) mass is 291 g/mol. The van der Waals surface area contributed by atoms with E-state index in [9.17, 15) is 4.39 Å². The summed E-state index contributed by atoms with van der Waals surface area (Å²) in [5, 5.41) is 3.38. The van der Waals surface area contributed by atoms with E-state index in [4.69, 9.17) is 11.6 Å². The highest BCUT2D eigenvalue weighted by atomic mass is 35.5. The van der Waals surface area contributed by atoms with Gasteiger partial charge in [-0.15, -0.1) is 0 Å². The summed E-state index contributed by atoms with van der Waals surface area (Å²) in [5.41, 5.74) is 2.97. The van der Waals surface area contributed by atoms with Gasteiger partial charge in [-0.1, -0.05) is 11.6 Å². The van der Waals surface area contributed by atoms with Crippen molar-refractivity contribution in [1.29, 1.82) is 0 Å². The Balaban J connectivity index is 2.01. The Morgan fingerprint density at radius 1 is 1.40 bits per heavy atom. The molecule has 0 saturated heterocycles. The molecule has 104 valence electrons. The fourth-order valence-corrected chi connectivity index (χ4v) is 2.80. The molecule has 0 radical (unpaired) electrons. The molecule has 0 spiro atoms. The van der Waals surface area contributed by atoms with Gasteiger partial charge in [0.25, 0.3) is 0 Å². The molecule has 0 fully saturated rings. The molecule has 1 N–H and O–H groups in total. The second kappa shape index (κ2) is 5.46. The average molecular weight is 292 g/mol. The van der Waals surface area contributed by atoms with Crippen LogP contribution in [0.2, 0.25) is 5.02 Å². The third-order valence-corrected chi connectivity index (χ3v) is 4.00. The lowest BCUT2D eigenvalue weighted by Crippen LogP contribution is -2.22. The van der Waals surface area contributed by atoms with Gasteiger partial charge in [0.1, 0.15) is 5.82 Å². The van der Waals surface area contributed by atoms with Crippen molar-refractivity contribution >= 4 is 11.6 Å². The summed E-state index contributed by atoms with van der Waals surface area (Å²) < 4.78 is 13.2. The second-order valence-electron chi connectivity index (χ2n) is 4.96. The maximum Gasteiger partial charge on any atom is 0.159 e. The molecule has 1 aliphatic rings. The fourth-order valence-electron chi connectivity index (χ4n) is 2.62. The number of nitrogens with one attached hydrogen (secondary N) is 1. The molecular weight excluding hydrogens is 277 g/mol. The quantitative estimate of drug-likeness (QED) is 0.920. The number of halogens is 2. The van der Waals surface area contributed by atoms with Crippen LogP contribution in [0.3, 0.4) is 0 Å². The van der Waals surface area contributed by atoms with Crippen molar-refractivity contribution in [3.63, 3.8) is 0 Å². The van der Waals surface area contributed by atoms with Crippen molar-refractivity contribution in [3.05, 3.63) is 46.5 Å². The van der Waals surface area contributed by atoms with Gasteiger partial charge in [0, 0.05) is 29.1 Å². The molecule has 1 unspecified atom stereocenters. The van der Waals surface area contributed by atoms with E-state index in [1.165, 1.54) is 6.07 Å². The molecule has 20 heavy (non-hydrogen) atoms. The van der Waals surface area contributed by atoms with E-state index in [2.05, 4.69) is 15.3 Å². The van der Waals surface area contributed by atoms with Crippen molar-refractivity contribution in [1.82, 2.24) is 15.3 Å². The number of benzene rings is 1. The van der Waals surface area contributed by atoms with Crippen LogP contribution >= 0.6 is 11.6 Å². The molecular formula is C15H15ClFN3. The number of nitrogens with zero attached hydrogens (tertiary/aromatic N) is 2. The minimum absolute atomic E-state index is 0.0944. The first kappa shape index (κ1) is 13.5. The minimum Gasteiger partial charge on any atom is -0.313 e. The zero-order valence-corrected chi connectivity index (χ0v) is 11.9. The van der Waals surface area contributed by atoms with E-state index in [1.54, 1.807) is 12.1 Å². The number of hydrogen-bond donors (Lipinski definition) is 1. The van der Waals surface area contributed by atoms with Gasteiger partial charge in [0.15, 0.2) is 5.82 Å². The van der Waals surface area contributed by atoms with E-state index in [1.807, 2.05) is 13.2 Å². The van der Waals surface area contributed by atoms with E-state index >= 15 is 0 Å². The van der Waals surface area contributed by atoms with Crippen LogP contribution in [0.5, 0.6) is 0 Å². The van der Waals surface area contributed by atoms with Crippen LogP contribution in [-0.4, -0.2) is 17.0 Å². The highest BCUT2D eigenvalue weighted by Gasteiger charge is 2.21. The molecule has 1 aromatic carbocycles. The van der Waals surface area contributed by atoms with Crippen LogP contribution in [-0.2, 0) is 6.42 Å². The van der Waals surface area contributed by atoms with Crippen molar-refractivity contribution < 1.29 is 4.39 Å². The lowest BCUT2D eigenvalue weighted by molar-refractivity contribution is 0.488. The van der Waals surface area contributed by atoms with Crippen LogP contribution in [0.4, 0.5) is 4.39 Å². The van der Waals surface area contributed by atoms with Gasteiger partial charge >= 0.3 is 0 Å². The van der Waals surface area contributed by atoms with Gasteiger partial charge in [-0.05, 0) is 44.5 Å². The summed E-state index contributed by atoms with van der Waals surface area (Å²) in [6, 6.07) is 4.89. The first-order valence-electron chi connectivity index (χ1n) is 6.67. The Hall–Kier alpha value is -1.52. The van der Waals surface area contributed by atoms with Crippen molar-refractivity contribution in [3.8, 4) is 11.4 Å². The van der Waals surface area contributed by atoms with E-state index in [0.29, 0.717) is 11.9 Å². The van der Waals surface area contributed by atoms with Gasteiger partial charge < -0.3 is 5.32 Å². The lowest BCUT2D eigenvalue weighted by Gasteiger charge is -2.24. The molecule has 3 nitrogen and oxygen atoms in total. The second-order valence-corrected chi connectivity index (χ2v) is 5.37. The first-order valence-corrected chi connectivity index (χ1v) is 7.05. The van der Waals surface area contributed by atoms with E-state index in [0.717, 1.165) is 36.1 Å². The Morgan fingerprint density at radius 2 is 2.25 bits per heavy atom. The molecule has 0 amide bonds. The smallest absolute Gasteiger partial charge is 0.159 e. The fraction of sp³-hybridized carbons (Fsp3) is 0.333. The van der Waals surface area contributed by atoms with Crippen LogP contribution in [0.1, 0.15) is 30.1 Å². The largest absolute Gasteiger partial charge is 0.313 e. The normalized spacial score (nSPS) is 17.9. The molecule has 1 aliphatic carbocycles. The standard InChI is InChI=1S/C15H15ClFN3/c1-18-13-3-2-4-14-10(13)8-19-15(20-14)9-5-6-12(17)11(16)7-9/h5-8,13,18H,2-4H2,1H3. The molecule has 5 heteroatoms. The molecule has 0 aliphatic heterocycles. The van der Waals surface area contributed by atoms with Gasteiger partial charge in [-0.3, -0.25) is 0 Å². The topological polar surface area (TPSA) is 37.8 Å². The van der Waals surface area contributed by atoms with Gasteiger partial charge in [-0.2, -0.15) is 0 Å². The third-order valence-electron chi connectivity index (χ3n) is 3.71. The molecule has 1 aromatic heterocycles. The highest BCUT2D eigenvalue weighted by Crippen LogP contribution is 2.30. The summed E-state index contributed by atoms with van der Waals surface area (Å²) in [5.74, 6) is 0.172. The maximum absolute atomic E-state index is 13.2. The highest BCUT2D eigenvalue weighted by molar-refractivity contribution is 6.31. The molecule has 1 atom stereocenters. The Labute approximate surface area is 122 Å².